The average molecular weight is 368 g/mol. The summed E-state index contributed by atoms with van der Waals surface area (Å²) in [6.45, 7) is 0. The molecule has 5 nitrogen and oxygen atoms in total. The first kappa shape index (κ1) is 14.1. The van der Waals surface area contributed by atoms with Gasteiger partial charge in [-0.05, 0) is 36.4 Å². The van der Waals surface area contributed by atoms with Gasteiger partial charge in [-0.25, -0.2) is 10.5 Å². The summed E-state index contributed by atoms with van der Waals surface area (Å²) in [6.07, 6.45) is 0. The number of carbonyl (C=O) groups excluding carboxylic acids is 1. The maximum atomic E-state index is 11.4. The minimum atomic E-state index is -0.608. The Bertz CT molecular complexity index is 847. The number of oxazole rings is 1. The second-order valence-corrected chi connectivity index (χ2v) is 5.59. The Morgan fingerprint density at radius 1 is 1.29 bits per heavy atom. The van der Waals surface area contributed by atoms with Crippen LogP contribution in [0.1, 0.15) is 10.4 Å². The molecule has 0 aliphatic heterocycles. The molecule has 0 spiro atoms. The number of hydrogen-bond donors (Lipinski definition) is 2. The van der Waals surface area contributed by atoms with Crippen molar-refractivity contribution >= 4 is 44.5 Å². The van der Waals surface area contributed by atoms with E-state index in [-0.39, 0.29) is 5.56 Å². The normalized spacial score (nSPS) is 10.8. The highest BCUT2D eigenvalue weighted by Gasteiger charge is 2.13. The molecule has 0 bridgehead atoms. The minimum absolute atomic E-state index is 0.284. The number of rotatable bonds is 2. The zero-order chi connectivity index (χ0) is 15.0. The largest absolute Gasteiger partial charge is 0.436 e. The summed E-state index contributed by atoms with van der Waals surface area (Å²) in [5.74, 6) is -0.243. The van der Waals surface area contributed by atoms with Gasteiger partial charge in [0.25, 0.3) is 5.91 Å². The molecule has 21 heavy (non-hydrogen) atoms. The number of aromatic nitrogens is 1. The highest BCUT2D eigenvalue weighted by atomic mass is 79.9. The van der Waals surface area contributed by atoms with E-state index in [0.717, 1.165) is 4.47 Å². The Hall–Kier alpha value is -1.89. The van der Waals surface area contributed by atoms with Gasteiger partial charge in [-0.3, -0.25) is 10.0 Å². The van der Waals surface area contributed by atoms with Crippen LogP contribution in [-0.4, -0.2) is 16.1 Å². The molecule has 0 unspecified atom stereocenters. The fraction of sp³-hybridized carbons (Fsp3) is 0. The van der Waals surface area contributed by atoms with E-state index in [2.05, 4.69) is 20.9 Å². The predicted molar refractivity (Wildman–Crippen MR) is 81.4 cm³/mol. The third-order valence-corrected chi connectivity index (χ3v) is 3.72. The summed E-state index contributed by atoms with van der Waals surface area (Å²) in [5.41, 5.74) is 3.55. The van der Waals surface area contributed by atoms with Gasteiger partial charge in [-0.2, -0.15) is 0 Å². The lowest BCUT2D eigenvalue weighted by Gasteiger charge is -1.99. The summed E-state index contributed by atoms with van der Waals surface area (Å²) in [5, 5.41) is 9.14. The van der Waals surface area contributed by atoms with Gasteiger partial charge < -0.3 is 4.42 Å². The molecule has 0 atom stereocenters. The lowest BCUT2D eigenvalue weighted by atomic mass is 10.2. The Morgan fingerprint density at radius 3 is 2.81 bits per heavy atom. The molecule has 0 saturated heterocycles. The monoisotopic (exact) mass is 366 g/mol. The van der Waals surface area contributed by atoms with Gasteiger partial charge in [0.15, 0.2) is 5.58 Å². The maximum absolute atomic E-state index is 11.4. The number of hydrogen-bond acceptors (Lipinski definition) is 4. The average Bonchev–Trinajstić information content (AvgIpc) is 2.88. The molecule has 2 aromatic carbocycles. The van der Waals surface area contributed by atoms with Crippen molar-refractivity contribution in [1.29, 1.82) is 0 Å². The molecule has 0 aliphatic carbocycles. The Morgan fingerprint density at radius 2 is 2.10 bits per heavy atom. The summed E-state index contributed by atoms with van der Waals surface area (Å²) in [6, 6.07) is 10.0. The number of hydroxylamine groups is 1. The topological polar surface area (TPSA) is 75.4 Å². The molecule has 0 aliphatic rings. The number of amides is 1. The van der Waals surface area contributed by atoms with Crippen LogP contribution in [-0.2, 0) is 0 Å². The van der Waals surface area contributed by atoms with Crippen LogP contribution < -0.4 is 5.48 Å². The molecule has 7 heteroatoms. The SMILES string of the molecule is O=C(NO)c1ccc2oc(-c3ccc(Br)cc3Cl)nc2c1. The Kier molecular flexibility index (Phi) is 3.67. The second kappa shape index (κ2) is 5.48. The third kappa shape index (κ3) is 2.65. The maximum Gasteiger partial charge on any atom is 0.274 e. The minimum Gasteiger partial charge on any atom is -0.436 e. The van der Waals surface area contributed by atoms with E-state index in [1.165, 1.54) is 12.1 Å². The van der Waals surface area contributed by atoms with E-state index in [0.29, 0.717) is 27.6 Å². The number of carbonyl (C=O) groups is 1. The quantitative estimate of drug-likeness (QED) is 0.530. The van der Waals surface area contributed by atoms with E-state index in [1.807, 2.05) is 6.07 Å². The van der Waals surface area contributed by atoms with Crippen molar-refractivity contribution in [2.45, 2.75) is 0 Å². The summed E-state index contributed by atoms with van der Waals surface area (Å²) < 4.78 is 6.49. The van der Waals surface area contributed by atoms with Crippen LogP contribution in [0.4, 0.5) is 0 Å². The smallest absolute Gasteiger partial charge is 0.274 e. The summed E-state index contributed by atoms with van der Waals surface area (Å²) in [4.78, 5) is 15.7. The molecule has 0 radical (unpaired) electrons. The highest BCUT2D eigenvalue weighted by Crippen LogP contribution is 2.32. The van der Waals surface area contributed by atoms with E-state index in [1.54, 1.807) is 23.7 Å². The zero-order valence-corrected chi connectivity index (χ0v) is 12.8. The first-order valence-electron chi connectivity index (χ1n) is 5.89. The van der Waals surface area contributed by atoms with Crippen LogP contribution in [0.5, 0.6) is 0 Å². The first-order chi connectivity index (χ1) is 10.1. The fourth-order valence-corrected chi connectivity index (χ4v) is 2.67. The van der Waals surface area contributed by atoms with Crippen molar-refractivity contribution in [1.82, 2.24) is 10.5 Å². The number of benzene rings is 2. The molecule has 3 aromatic rings. The van der Waals surface area contributed by atoms with Crippen LogP contribution >= 0.6 is 27.5 Å². The van der Waals surface area contributed by atoms with Gasteiger partial charge in [0.1, 0.15) is 5.52 Å². The molecule has 1 aromatic heterocycles. The lowest BCUT2D eigenvalue weighted by Crippen LogP contribution is -2.18. The van der Waals surface area contributed by atoms with Gasteiger partial charge in [0.2, 0.25) is 5.89 Å². The van der Waals surface area contributed by atoms with E-state index in [4.69, 9.17) is 21.2 Å². The molecule has 106 valence electrons. The van der Waals surface area contributed by atoms with Crippen LogP contribution in [0.15, 0.2) is 45.3 Å². The summed E-state index contributed by atoms with van der Waals surface area (Å²) >= 11 is 9.50. The number of halogens is 2. The number of nitrogens with one attached hydrogen (secondary N) is 1. The van der Waals surface area contributed by atoms with E-state index in [9.17, 15) is 4.79 Å². The second-order valence-electron chi connectivity index (χ2n) is 4.27. The van der Waals surface area contributed by atoms with Gasteiger partial charge in [-0.15, -0.1) is 0 Å². The van der Waals surface area contributed by atoms with Crippen molar-refractivity contribution in [3.05, 3.63) is 51.5 Å². The fourth-order valence-electron chi connectivity index (χ4n) is 1.91. The standard InChI is InChI=1S/C14H8BrClN2O3/c15-8-2-3-9(10(16)6-8)14-17-11-5-7(13(19)18-20)1-4-12(11)21-14/h1-6,20H,(H,18,19). The van der Waals surface area contributed by atoms with Crippen molar-refractivity contribution < 1.29 is 14.4 Å². The van der Waals surface area contributed by atoms with Gasteiger partial charge in [-0.1, -0.05) is 27.5 Å². The summed E-state index contributed by atoms with van der Waals surface area (Å²) in [7, 11) is 0. The molecule has 3 rings (SSSR count). The highest BCUT2D eigenvalue weighted by molar-refractivity contribution is 9.10. The molecule has 0 fully saturated rings. The molecule has 1 heterocycles. The molecule has 1 amide bonds. The lowest BCUT2D eigenvalue weighted by molar-refractivity contribution is 0.0706. The van der Waals surface area contributed by atoms with Crippen LogP contribution in [0, 0.1) is 0 Å². The molecular weight excluding hydrogens is 360 g/mol. The van der Waals surface area contributed by atoms with Crippen LogP contribution in [0.3, 0.4) is 0 Å². The van der Waals surface area contributed by atoms with Crippen molar-refractivity contribution in [2.24, 2.45) is 0 Å². The van der Waals surface area contributed by atoms with Crippen molar-refractivity contribution in [3.63, 3.8) is 0 Å². The van der Waals surface area contributed by atoms with Crippen LogP contribution in [0.2, 0.25) is 5.02 Å². The number of nitrogens with zero attached hydrogens (tertiary/aromatic N) is 1. The first-order valence-corrected chi connectivity index (χ1v) is 7.06. The van der Waals surface area contributed by atoms with Crippen LogP contribution in [0.25, 0.3) is 22.6 Å². The third-order valence-electron chi connectivity index (χ3n) is 2.91. The van der Waals surface area contributed by atoms with Crippen molar-refractivity contribution in [2.75, 3.05) is 0 Å². The van der Waals surface area contributed by atoms with Crippen molar-refractivity contribution in [3.8, 4) is 11.5 Å². The van der Waals surface area contributed by atoms with Gasteiger partial charge in [0.05, 0.1) is 10.6 Å². The van der Waals surface area contributed by atoms with E-state index < -0.39 is 5.91 Å². The molecule has 2 N–H and O–H groups in total. The zero-order valence-electron chi connectivity index (χ0n) is 10.4. The van der Waals surface area contributed by atoms with Gasteiger partial charge in [0, 0.05) is 10.0 Å². The Balaban J connectivity index is 2.10. The van der Waals surface area contributed by atoms with E-state index >= 15 is 0 Å². The molecule has 0 saturated carbocycles. The number of fused-ring (bicyclic) bond motifs is 1. The van der Waals surface area contributed by atoms with Gasteiger partial charge >= 0.3 is 0 Å². The predicted octanol–water partition coefficient (Wildman–Crippen LogP) is 4.03. The molecular formula is C14H8BrClN2O3. The Labute approximate surface area is 132 Å².